The van der Waals surface area contributed by atoms with Crippen LogP contribution in [0, 0.1) is 0 Å². The van der Waals surface area contributed by atoms with Gasteiger partial charge in [0, 0.05) is 19.9 Å². The highest BCUT2D eigenvalue weighted by Gasteiger charge is 1.94. The lowest BCUT2D eigenvalue weighted by molar-refractivity contribution is -0.118. The number of rotatable bonds is 15. The molecule has 1 amide bonds. The zero-order valence-corrected chi connectivity index (χ0v) is 14.8. The molecule has 0 aromatic carbocycles. The molecule has 0 spiro atoms. The quantitative estimate of drug-likeness (QED) is 0.285. The molecule has 2 N–H and O–H groups in total. The van der Waals surface area contributed by atoms with E-state index in [1.165, 1.54) is 70.6 Å². The van der Waals surface area contributed by atoms with Crippen LogP contribution < -0.4 is 5.73 Å². The van der Waals surface area contributed by atoms with E-state index in [0.29, 0.717) is 6.42 Å². The lowest BCUT2D eigenvalue weighted by Gasteiger charge is -1.99. The van der Waals surface area contributed by atoms with Crippen molar-refractivity contribution in [3.8, 4) is 0 Å². The maximum absolute atomic E-state index is 10.5. The standard InChI is InChI=1S/C18H35NO.S/c1-2-3-4-5-6-7-8-9-10-11-12-13-14-15-16-17-18(19)20;/h9-10H,2-8,11-17H2,1H3,(H2,19,20);. The predicted molar refractivity (Wildman–Crippen MR) is 96.2 cm³/mol. The fourth-order valence-corrected chi connectivity index (χ4v) is 2.37. The zero-order valence-electron chi connectivity index (χ0n) is 13.9. The summed E-state index contributed by atoms with van der Waals surface area (Å²) in [6, 6.07) is 0. The Morgan fingerprint density at radius 3 is 1.67 bits per heavy atom. The second-order valence-corrected chi connectivity index (χ2v) is 5.80. The number of carbonyl (C=O) groups is 1. The largest absolute Gasteiger partial charge is 0.370 e. The number of hydrogen-bond donors (Lipinski definition) is 1. The Kier molecular flexibility index (Phi) is 21.3. The van der Waals surface area contributed by atoms with Gasteiger partial charge in [0.05, 0.1) is 0 Å². The van der Waals surface area contributed by atoms with E-state index >= 15 is 0 Å². The summed E-state index contributed by atoms with van der Waals surface area (Å²) in [4.78, 5) is 10.5. The molecule has 0 bridgehead atoms. The normalized spacial score (nSPS) is 10.7. The van der Waals surface area contributed by atoms with Crippen LogP contribution >= 0.6 is 13.5 Å². The van der Waals surface area contributed by atoms with E-state index < -0.39 is 0 Å². The third kappa shape index (κ3) is 22.0. The Hall–Kier alpha value is -0.440. The van der Waals surface area contributed by atoms with Gasteiger partial charge in [0.15, 0.2) is 0 Å². The molecular formula is C18H35NOS. The Balaban J connectivity index is 0. The molecule has 0 aliphatic carbocycles. The maximum atomic E-state index is 10.5. The van der Waals surface area contributed by atoms with Crippen LogP contribution in [0.5, 0.6) is 0 Å². The van der Waals surface area contributed by atoms with Crippen LogP contribution in [0.4, 0.5) is 0 Å². The Morgan fingerprint density at radius 2 is 1.19 bits per heavy atom. The molecule has 0 aromatic rings. The van der Waals surface area contributed by atoms with Crippen molar-refractivity contribution < 1.29 is 4.79 Å². The molecule has 124 valence electrons. The molecule has 0 aliphatic rings. The molecule has 2 nitrogen and oxygen atoms in total. The lowest BCUT2D eigenvalue weighted by atomic mass is 10.1. The van der Waals surface area contributed by atoms with Crippen molar-refractivity contribution in [2.24, 2.45) is 5.73 Å². The van der Waals surface area contributed by atoms with Gasteiger partial charge in [0.1, 0.15) is 0 Å². The molecule has 2 radical (unpaired) electrons. The first kappa shape index (κ1) is 22.8. The summed E-state index contributed by atoms with van der Waals surface area (Å²) in [6.45, 7) is 2.26. The van der Waals surface area contributed by atoms with Crippen LogP contribution in [0.2, 0.25) is 0 Å². The SMILES string of the molecule is CCCCCCCCC=CCCCCCCCC(N)=O.[S]. The molecule has 21 heavy (non-hydrogen) atoms. The molecule has 0 saturated carbocycles. The van der Waals surface area contributed by atoms with Crippen LogP contribution in [-0.2, 0) is 4.79 Å². The van der Waals surface area contributed by atoms with Gasteiger partial charge in [-0.05, 0) is 32.1 Å². The third-order valence-corrected chi connectivity index (χ3v) is 3.68. The van der Waals surface area contributed by atoms with Crippen molar-refractivity contribution in [1.82, 2.24) is 0 Å². The van der Waals surface area contributed by atoms with E-state index in [0.717, 1.165) is 12.8 Å². The summed E-state index contributed by atoms with van der Waals surface area (Å²) in [7, 11) is 0. The number of unbranched alkanes of at least 4 members (excludes halogenated alkanes) is 11. The summed E-state index contributed by atoms with van der Waals surface area (Å²) < 4.78 is 0. The van der Waals surface area contributed by atoms with E-state index in [9.17, 15) is 4.79 Å². The van der Waals surface area contributed by atoms with Gasteiger partial charge < -0.3 is 5.73 Å². The fourth-order valence-electron chi connectivity index (χ4n) is 2.37. The van der Waals surface area contributed by atoms with Crippen LogP contribution in [0.3, 0.4) is 0 Å². The van der Waals surface area contributed by atoms with Crippen LogP contribution in [-0.4, -0.2) is 5.91 Å². The minimum absolute atomic E-state index is 0. The monoisotopic (exact) mass is 313 g/mol. The number of nitrogens with two attached hydrogens (primary N) is 1. The van der Waals surface area contributed by atoms with E-state index in [4.69, 9.17) is 5.73 Å². The van der Waals surface area contributed by atoms with Crippen molar-refractivity contribution >= 4 is 19.4 Å². The van der Waals surface area contributed by atoms with Gasteiger partial charge in [0.25, 0.3) is 0 Å². The first-order chi connectivity index (χ1) is 9.77. The zero-order chi connectivity index (χ0) is 14.9. The molecule has 3 heteroatoms. The molecule has 0 saturated heterocycles. The van der Waals surface area contributed by atoms with Crippen molar-refractivity contribution in [2.45, 2.75) is 96.8 Å². The van der Waals surface area contributed by atoms with Gasteiger partial charge in [-0.2, -0.15) is 0 Å². The van der Waals surface area contributed by atoms with E-state index in [1.807, 2.05) is 0 Å². The van der Waals surface area contributed by atoms with Gasteiger partial charge in [-0.25, -0.2) is 0 Å². The fraction of sp³-hybridized carbons (Fsp3) is 0.833. The second kappa shape index (κ2) is 19.6. The molecule has 0 heterocycles. The minimum Gasteiger partial charge on any atom is -0.370 e. The molecule has 0 aliphatic heterocycles. The summed E-state index contributed by atoms with van der Waals surface area (Å²) in [5, 5.41) is 0. The number of primary amides is 1. The second-order valence-electron chi connectivity index (χ2n) is 5.80. The maximum Gasteiger partial charge on any atom is 0.217 e. The van der Waals surface area contributed by atoms with E-state index in [-0.39, 0.29) is 19.4 Å². The van der Waals surface area contributed by atoms with Gasteiger partial charge >= 0.3 is 0 Å². The van der Waals surface area contributed by atoms with Crippen LogP contribution in [0.1, 0.15) is 96.8 Å². The Labute approximate surface area is 139 Å². The van der Waals surface area contributed by atoms with Crippen molar-refractivity contribution in [3.05, 3.63) is 12.2 Å². The van der Waals surface area contributed by atoms with Gasteiger partial charge in [0.2, 0.25) is 5.91 Å². The highest BCUT2D eigenvalue weighted by Crippen LogP contribution is 2.09. The average molecular weight is 314 g/mol. The first-order valence-corrected chi connectivity index (χ1v) is 8.70. The molecular weight excluding hydrogens is 278 g/mol. The Bertz CT molecular complexity index is 241. The number of hydrogen-bond acceptors (Lipinski definition) is 1. The van der Waals surface area contributed by atoms with Crippen LogP contribution in [0.25, 0.3) is 0 Å². The molecule has 0 unspecified atom stereocenters. The molecule has 0 aromatic heterocycles. The molecule has 0 rings (SSSR count). The van der Waals surface area contributed by atoms with E-state index in [1.54, 1.807) is 0 Å². The predicted octanol–water partition coefficient (Wildman–Crippen LogP) is 6.16. The summed E-state index contributed by atoms with van der Waals surface area (Å²) in [5.74, 6) is -0.164. The van der Waals surface area contributed by atoms with Crippen molar-refractivity contribution in [1.29, 1.82) is 0 Å². The smallest absolute Gasteiger partial charge is 0.217 e. The minimum atomic E-state index is -0.164. The number of carbonyl (C=O) groups excluding carboxylic acids is 1. The first-order valence-electron chi connectivity index (χ1n) is 8.70. The number of amides is 1. The third-order valence-electron chi connectivity index (χ3n) is 3.68. The summed E-state index contributed by atoms with van der Waals surface area (Å²) >= 11 is 0. The summed E-state index contributed by atoms with van der Waals surface area (Å²) in [5.41, 5.74) is 5.10. The number of allylic oxidation sites excluding steroid dienone is 2. The van der Waals surface area contributed by atoms with E-state index in [2.05, 4.69) is 19.1 Å². The van der Waals surface area contributed by atoms with Gasteiger partial charge in [-0.3, -0.25) is 4.79 Å². The lowest BCUT2D eigenvalue weighted by Crippen LogP contribution is -2.09. The highest BCUT2D eigenvalue weighted by molar-refractivity contribution is 7.59. The van der Waals surface area contributed by atoms with Gasteiger partial charge in [-0.1, -0.05) is 70.4 Å². The topological polar surface area (TPSA) is 43.1 Å². The van der Waals surface area contributed by atoms with Gasteiger partial charge in [-0.15, -0.1) is 0 Å². The van der Waals surface area contributed by atoms with Crippen molar-refractivity contribution in [2.75, 3.05) is 0 Å². The summed E-state index contributed by atoms with van der Waals surface area (Å²) in [6.07, 6.45) is 21.9. The molecule has 0 fully saturated rings. The highest BCUT2D eigenvalue weighted by atomic mass is 32.1. The average Bonchev–Trinajstić information content (AvgIpc) is 2.43. The molecule has 0 atom stereocenters. The van der Waals surface area contributed by atoms with Crippen molar-refractivity contribution in [3.63, 3.8) is 0 Å². The van der Waals surface area contributed by atoms with Crippen LogP contribution in [0.15, 0.2) is 12.2 Å². The Morgan fingerprint density at radius 1 is 0.762 bits per heavy atom.